The van der Waals surface area contributed by atoms with Crippen LogP contribution in [0.15, 0.2) is 12.4 Å². The molecule has 0 unspecified atom stereocenters. The Hall–Kier alpha value is -0.990. The van der Waals surface area contributed by atoms with Gasteiger partial charge in [-0.25, -0.2) is 0 Å². The number of hydrogen-bond donors (Lipinski definition) is 0. The van der Waals surface area contributed by atoms with Gasteiger partial charge in [-0.1, -0.05) is 26.7 Å². The van der Waals surface area contributed by atoms with Crippen molar-refractivity contribution in [3.05, 3.63) is 12.4 Å². The molecule has 0 aliphatic heterocycles. The lowest BCUT2D eigenvalue weighted by Crippen LogP contribution is -2.09. The van der Waals surface area contributed by atoms with Crippen LogP contribution < -0.4 is 4.74 Å². The maximum atomic E-state index is 5.59. The summed E-state index contributed by atoms with van der Waals surface area (Å²) in [5.74, 6) is 1.54. The molecule has 1 aromatic rings. The minimum absolute atomic E-state index is 0.667. The third-order valence-electron chi connectivity index (χ3n) is 2.32. The highest BCUT2D eigenvalue weighted by Gasteiger charge is 2.04. The van der Waals surface area contributed by atoms with E-state index in [2.05, 4.69) is 18.9 Å². The van der Waals surface area contributed by atoms with Crippen molar-refractivity contribution in [1.29, 1.82) is 0 Å². The number of rotatable bonds is 5. The highest BCUT2D eigenvalue weighted by Crippen LogP contribution is 2.12. The van der Waals surface area contributed by atoms with Crippen LogP contribution in [0.5, 0.6) is 5.75 Å². The third kappa shape index (κ3) is 3.09. The predicted molar refractivity (Wildman–Crippen MR) is 52.8 cm³/mol. The average molecular weight is 182 g/mol. The van der Waals surface area contributed by atoms with Crippen molar-refractivity contribution in [2.75, 3.05) is 6.61 Å². The first-order valence-electron chi connectivity index (χ1n) is 4.87. The van der Waals surface area contributed by atoms with E-state index in [1.54, 1.807) is 10.9 Å². The van der Waals surface area contributed by atoms with E-state index in [4.69, 9.17) is 4.74 Å². The van der Waals surface area contributed by atoms with Crippen molar-refractivity contribution in [1.82, 2.24) is 9.78 Å². The molecule has 3 heteroatoms. The van der Waals surface area contributed by atoms with Gasteiger partial charge in [0, 0.05) is 7.05 Å². The summed E-state index contributed by atoms with van der Waals surface area (Å²) in [7, 11) is 1.89. The summed E-state index contributed by atoms with van der Waals surface area (Å²) < 4.78 is 7.34. The molecule has 1 aromatic heterocycles. The van der Waals surface area contributed by atoms with Crippen molar-refractivity contribution >= 4 is 0 Å². The van der Waals surface area contributed by atoms with E-state index in [0.29, 0.717) is 5.92 Å². The summed E-state index contributed by atoms with van der Waals surface area (Å²) >= 11 is 0. The van der Waals surface area contributed by atoms with Gasteiger partial charge in [-0.2, -0.15) is 5.10 Å². The van der Waals surface area contributed by atoms with Gasteiger partial charge in [-0.05, 0) is 5.92 Å². The van der Waals surface area contributed by atoms with E-state index >= 15 is 0 Å². The van der Waals surface area contributed by atoms with Gasteiger partial charge in [0.15, 0.2) is 5.75 Å². The molecule has 0 radical (unpaired) electrons. The maximum Gasteiger partial charge on any atom is 0.157 e. The number of ether oxygens (including phenoxy) is 1. The lowest BCUT2D eigenvalue weighted by Gasteiger charge is -2.11. The Bertz CT molecular complexity index is 241. The largest absolute Gasteiger partial charge is 0.490 e. The highest BCUT2D eigenvalue weighted by atomic mass is 16.5. The fourth-order valence-corrected chi connectivity index (χ4v) is 1.21. The number of hydrogen-bond acceptors (Lipinski definition) is 2. The minimum Gasteiger partial charge on any atom is -0.490 e. The zero-order chi connectivity index (χ0) is 9.68. The van der Waals surface area contributed by atoms with E-state index < -0.39 is 0 Å². The summed E-state index contributed by atoms with van der Waals surface area (Å²) in [4.78, 5) is 0. The van der Waals surface area contributed by atoms with E-state index in [9.17, 15) is 0 Å². The van der Waals surface area contributed by atoms with E-state index in [-0.39, 0.29) is 0 Å². The SMILES string of the molecule is CCC(CC)COc1cnn(C)c1. The molecule has 0 aromatic carbocycles. The Kier molecular flexibility index (Phi) is 3.80. The summed E-state index contributed by atoms with van der Waals surface area (Å²) in [6.45, 7) is 5.19. The van der Waals surface area contributed by atoms with Gasteiger partial charge in [-0.15, -0.1) is 0 Å². The van der Waals surface area contributed by atoms with E-state index in [1.165, 1.54) is 12.8 Å². The molecule has 74 valence electrons. The second kappa shape index (κ2) is 4.90. The van der Waals surface area contributed by atoms with Crippen LogP contribution in [0.4, 0.5) is 0 Å². The Morgan fingerprint density at radius 3 is 2.62 bits per heavy atom. The smallest absolute Gasteiger partial charge is 0.157 e. The fraction of sp³-hybridized carbons (Fsp3) is 0.700. The molecule has 1 rings (SSSR count). The van der Waals surface area contributed by atoms with Gasteiger partial charge in [0.1, 0.15) is 0 Å². The Labute approximate surface area is 79.7 Å². The maximum absolute atomic E-state index is 5.59. The van der Waals surface area contributed by atoms with Crippen molar-refractivity contribution in [3.63, 3.8) is 0 Å². The van der Waals surface area contributed by atoms with Crippen molar-refractivity contribution < 1.29 is 4.74 Å². The Morgan fingerprint density at radius 1 is 1.46 bits per heavy atom. The first-order valence-corrected chi connectivity index (χ1v) is 4.87. The van der Waals surface area contributed by atoms with Crippen molar-refractivity contribution in [3.8, 4) is 5.75 Å². The van der Waals surface area contributed by atoms with Gasteiger partial charge in [0.2, 0.25) is 0 Å². The third-order valence-corrected chi connectivity index (χ3v) is 2.32. The fourth-order valence-electron chi connectivity index (χ4n) is 1.21. The molecule has 0 saturated carbocycles. The van der Waals surface area contributed by atoms with Crippen LogP contribution in [-0.2, 0) is 7.05 Å². The van der Waals surface area contributed by atoms with Gasteiger partial charge in [0.25, 0.3) is 0 Å². The molecular formula is C10H18N2O. The van der Waals surface area contributed by atoms with Gasteiger partial charge in [-0.3, -0.25) is 4.68 Å². The van der Waals surface area contributed by atoms with Crippen LogP contribution in [-0.4, -0.2) is 16.4 Å². The molecule has 0 fully saturated rings. The lowest BCUT2D eigenvalue weighted by atomic mass is 10.1. The molecule has 0 aliphatic carbocycles. The van der Waals surface area contributed by atoms with Gasteiger partial charge >= 0.3 is 0 Å². The van der Waals surface area contributed by atoms with Crippen LogP contribution in [0.3, 0.4) is 0 Å². The molecule has 3 nitrogen and oxygen atoms in total. The topological polar surface area (TPSA) is 27.1 Å². The quantitative estimate of drug-likeness (QED) is 0.698. The summed E-state index contributed by atoms with van der Waals surface area (Å²) in [5.41, 5.74) is 0. The molecule has 0 amide bonds. The summed E-state index contributed by atoms with van der Waals surface area (Å²) in [6.07, 6.45) is 6.00. The van der Waals surface area contributed by atoms with Crippen LogP contribution in [0.25, 0.3) is 0 Å². The molecule has 0 saturated heterocycles. The number of nitrogens with zero attached hydrogens (tertiary/aromatic N) is 2. The zero-order valence-corrected chi connectivity index (χ0v) is 8.66. The molecule has 0 aliphatic rings. The van der Waals surface area contributed by atoms with Crippen LogP contribution >= 0.6 is 0 Å². The standard InChI is InChI=1S/C10H18N2O/c1-4-9(5-2)8-13-10-6-11-12(3)7-10/h6-7,9H,4-5,8H2,1-3H3. The normalized spacial score (nSPS) is 10.8. The molecule has 1 heterocycles. The Balaban J connectivity index is 2.33. The number of aromatic nitrogens is 2. The first-order chi connectivity index (χ1) is 6.26. The predicted octanol–water partition coefficient (Wildman–Crippen LogP) is 2.24. The molecule has 13 heavy (non-hydrogen) atoms. The van der Waals surface area contributed by atoms with E-state index in [0.717, 1.165) is 12.4 Å². The number of aryl methyl sites for hydroxylation is 1. The van der Waals surface area contributed by atoms with Crippen molar-refractivity contribution in [2.24, 2.45) is 13.0 Å². The zero-order valence-electron chi connectivity index (χ0n) is 8.66. The van der Waals surface area contributed by atoms with Crippen LogP contribution in [0, 0.1) is 5.92 Å². The summed E-state index contributed by atoms with van der Waals surface area (Å²) in [5, 5.41) is 4.04. The van der Waals surface area contributed by atoms with Crippen molar-refractivity contribution in [2.45, 2.75) is 26.7 Å². The van der Waals surface area contributed by atoms with E-state index in [1.807, 2.05) is 13.2 Å². The van der Waals surface area contributed by atoms with Gasteiger partial charge in [0.05, 0.1) is 19.0 Å². The molecular weight excluding hydrogens is 164 g/mol. The molecule has 0 N–H and O–H groups in total. The first kappa shape index (κ1) is 10.1. The second-order valence-electron chi connectivity index (χ2n) is 3.34. The lowest BCUT2D eigenvalue weighted by molar-refractivity contribution is 0.240. The average Bonchev–Trinajstić information content (AvgIpc) is 2.53. The highest BCUT2D eigenvalue weighted by molar-refractivity contribution is 5.11. The second-order valence-corrected chi connectivity index (χ2v) is 3.34. The monoisotopic (exact) mass is 182 g/mol. The molecule has 0 atom stereocenters. The van der Waals surface area contributed by atoms with Gasteiger partial charge < -0.3 is 4.74 Å². The minimum atomic E-state index is 0.667. The molecule has 0 spiro atoms. The Morgan fingerprint density at radius 2 is 2.15 bits per heavy atom. The summed E-state index contributed by atoms with van der Waals surface area (Å²) in [6, 6.07) is 0. The van der Waals surface area contributed by atoms with Crippen LogP contribution in [0.2, 0.25) is 0 Å². The van der Waals surface area contributed by atoms with Crippen LogP contribution in [0.1, 0.15) is 26.7 Å². The molecule has 0 bridgehead atoms.